The number of imidazole rings is 1. The third-order valence-corrected chi connectivity index (χ3v) is 7.71. The van der Waals surface area contributed by atoms with Crippen molar-refractivity contribution in [2.45, 2.75) is 58.3 Å². The minimum absolute atomic E-state index is 0.508. The van der Waals surface area contributed by atoms with Crippen LogP contribution >= 0.6 is 0 Å². The fourth-order valence-corrected chi connectivity index (χ4v) is 5.81. The fraction of sp³-hybridized carbons (Fsp3) is 0.429. The first kappa shape index (κ1) is 21.3. The number of nitrogens with zero attached hydrogens (tertiary/aromatic N) is 6. The van der Waals surface area contributed by atoms with E-state index in [4.69, 9.17) is 9.97 Å². The summed E-state index contributed by atoms with van der Waals surface area (Å²) < 4.78 is 2.04. The van der Waals surface area contributed by atoms with Gasteiger partial charge in [0, 0.05) is 56.1 Å². The number of aromatic nitrogens is 5. The van der Waals surface area contributed by atoms with E-state index in [1.165, 1.54) is 43.2 Å². The molecule has 0 unspecified atom stereocenters. The molecule has 0 amide bonds. The first-order valence-corrected chi connectivity index (χ1v) is 12.7. The molecule has 0 N–H and O–H groups in total. The lowest BCUT2D eigenvalue weighted by atomic mass is 9.86. The Kier molecular flexibility index (Phi) is 5.52. The molecule has 2 aliphatic rings. The summed E-state index contributed by atoms with van der Waals surface area (Å²) in [6.45, 7) is 4.41. The summed E-state index contributed by atoms with van der Waals surface area (Å²) in [5.74, 6) is 1.94. The van der Waals surface area contributed by atoms with Gasteiger partial charge in [0.05, 0.1) is 12.1 Å². The average Bonchev–Trinajstić information content (AvgIpc) is 3.61. The topological polar surface area (TPSA) is 59.2 Å². The molecule has 6 rings (SSSR count). The number of pyridine rings is 2. The molecule has 4 aromatic rings. The summed E-state index contributed by atoms with van der Waals surface area (Å²) in [7, 11) is 0. The second-order valence-electron chi connectivity index (χ2n) is 10.1. The van der Waals surface area contributed by atoms with Crippen LogP contribution in [0.3, 0.4) is 0 Å². The second-order valence-corrected chi connectivity index (χ2v) is 10.1. The zero-order valence-corrected chi connectivity index (χ0v) is 20.0. The van der Waals surface area contributed by atoms with Crippen molar-refractivity contribution < 1.29 is 0 Å². The van der Waals surface area contributed by atoms with Crippen molar-refractivity contribution in [3.05, 3.63) is 83.5 Å². The van der Waals surface area contributed by atoms with Gasteiger partial charge in [-0.3, -0.25) is 4.98 Å². The highest BCUT2D eigenvalue weighted by Gasteiger charge is 2.40. The van der Waals surface area contributed by atoms with Crippen LogP contribution in [0, 0.1) is 5.41 Å². The van der Waals surface area contributed by atoms with Crippen LogP contribution in [0.2, 0.25) is 0 Å². The van der Waals surface area contributed by atoms with Gasteiger partial charge in [-0.2, -0.15) is 0 Å². The third kappa shape index (κ3) is 4.29. The zero-order chi connectivity index (χ0) is 23.0. The number of hydrogen-bond donors (Lipinski definition) is 0. The Hall–Kier alpha value is -3.28. The zero-order valence-electron chi connectivity index (χ0n) is 20.0. The Morgan fingerprint density at radius 3 is 2.65 bits per heavy atom. The van der Waals surface area contributed by atoms with E-state index < -0.39 is 0 Å². The molecule has 1 aliphatic heterocycles. The number of anilines is 1. The van der Waals surface area contributed by atoms with Gasteiger partial charge in [-0.1, -0.05) is 19.8 Å². The summed E-state index contributed by atoms with van der Waals surface area (Å²) in [4.78, 5) is 21.6. The minimum atomic E-state index is 0.508. The van der Waals surface area contributed by atoms with Crippen LogP contribution in [0.25, 0.3) is 5.65 Å². The predicted molar refractivity (Wildman–Crippen MR) is 134 cm³/mol. The summed E-state index contributed by atoms with van der Waals surface area (Å²) in [6.07, 6.45) is 17.0. The van der Waals surface area contributed by atoms with Crippen LogP contribution in [0.15, 0.2) is 55.1 Å². The molecular weight excluding hydrogens is 420 g/mol. The van der Waals surface area contributed by atoms with Crippen molar-refractivity contribution in [2.24, 2.45) is 5.41 Å². The predicted octanol–water partition coefficient (Wildman–Crippen LogP) is 5.03. The maximum atomic E-state index is 5.06. The maximum absolute atomic E-state index is 5.06. The molecule has 4 aromatic heterocycles. The molecule has 6 heteroatoms. The van der Waals surface area contributed by atoms with E-state index in [0.29, 0.717) is 11.8 Å². The molecule has 0 bridgehead atoms. The lowest BCUT2D eigenvalue weighted by Gasteiger charge is -2.24. The van der Waals surface area contributed by atoms with Crippen molar-refractivity contribution in [3.8, 4) is 0 Å². The number of aryl methyl sites for hydroxylation is 1. The van der Waals surface area contributed by atoms with E-state index in [2.05, 4.69) is 58.3 Å². The highest BCUT2D eigenvalue weighted by Crippen LogP contribution is 2.46. The van der Waals surface area contributed by atoms with E-state index in [-0.39, 0.29) is 0 Å². The molecule has 1 saturated carbocycles. The number of fused-ring (bicyclic) bond motifs is 1. The van der Waals surface area contributed by atoms with Gasteiger partial charge in [0.1, 0.15) is 17.3 Å². The lowest BCUT2D eigenvalue weighted by molar-refractivity contribution is 0.340. The van der Waals surface area contributed by atoms with E-state index in [9.17, 15) is 0 Å². The molecule has 2 fully saturated rings. The number of hydrogen-bond acceptors (Lipinski definition) is 5. The summed E-state index contributed by atoms with van der Waals surface area (Å²) in [6, 6.07) is 10.8. The highest BCUT2D eigenvalue weighted by molar-refractivity contribution is 5.46. The molecule has 174 valence electrons. The van der Waals surface area contributed by atoms with Crippen LogP contribution in [-0.4, -0.2) is 37.4 Å². The van der Waals surface area contributed by atoms with E-state index in [1.54, 1.807) is 0 Å². The molecule has 6 nitrogen and oxygen atoms in total. The van der Waals surface area contributed by atoms with Gasteiger partial charge in [0.25, 0.3) is 0 Å². The quantitative estimate of drug-likeness (QED) is 0.410. The molecule has 0 atom stereocenters. The monoisotopic (exact) mass is 452 g/mol. The van der Waals surface area contributed by atoms with Gasteiger partial charge in [0.2, 0.25) is 0 Å². The molecule has 1 aliphatic carbocycles. The first-order chi connectivity index (χ1) is 16.7. The Morgan fingerprint density at radius 2 is 1.76 bits per heavy atom. The number of rotatable bonds is 6. The van der Waals surface area contributed by atoms with Crippen molar-refractivity contribution in [1.29, 1.82) is 0 Å². The fourth-order valence-electron chi connectivity index (χ4n) is 5.81. The van der Waals surface area contributed by atoms with Gasteiger partial charge in [-0.05, 0) is 66.5 Å². The molecule has 0 radical (unpaired) electrons. The minimum Gasteiger partial charge on any atom is -0.356 e. The van der Waals surface area contributed by atoms with Gasteiger partial charge in [-0.15, -0.1) is 0 Å². The summed E-state index contributed by atoms with van der Waals surface area (Å²) in [5, 5.41) is 0. The Morgan fingerprint density at radius 1 is 0.853 bits per heavy atom. The van der Waals surface area contributed by atoms with Crippen LogP contribution in [0.5, 0.6) is 0 Å². The normalized spacial score (nSPS) is 17.3. The molecule has 34 heavy (non-hydrogen) atoms. The van der Waals surface area contributed by atoms with Crippen LogP contribution < -0.4 is 4.90 Å². The van der Waals surface area contributed by atoms with E-state index >= 15 is 0 Å². The lowest BCUT2D eigenvalue weighted by Crippen LogP contribution is -2.26. The van der Waals surface area contributed by atoms with Crippen molar-refractivity contribution >= 4 is 11.5 Å². The van der Waals surface area contributed by atoms with Crippen LogP contribution in [0.4, 0.5) is 5.82 Å². The SMILES string of the molecule is CCc1ccnc(Cc2nc(Cc3ccn4ccnc4c3)cc(N3CCC4(CCCC4)C3)n2)c1. The largest absolute Gasteiger partial charge is 0.356 e. The van der Waals surface area contributed by atoms with Gasteiger partial charge in [-0.25, -0.2) is 15.0 Å². The van der Waals surface area contributed by atoms with Crippen molar-refractivity contribution in [2.75, 3.05) is 18.0 Å². The Labute approximate surface area is 201 Å². The first-order valence-electron chi connectivity index (χ1n) is 12.7. The molecule has 0 aromatic carbocycles. The Balaban J connectivity index is 1.32. The van der Waals surface area contributed by atoms with E-state index in [1.807, 2.05) is 23.0 Å². The smallest absolute Gasteiger partial charge is 0.136 e. The maximum Gasteiger partial charge on any atom is 0.136 e. The standard InChI is InChI=1S/C28H32N6/c1-2-21-5-10-29-23(15-21)18-25-31-24(16-22-6-12-33-14-11-30-26(33)17-22)19-27(32-25)34-13-9-28(20-34)7-3-4-8-28/h5-6,10-12,14-15,17,19H,2-4,7-9,13,16,18,20H2,1H3. The van der Waals surface area contributed by atoms with E-state index in [0.717, 1.165) is 54.6 Å². The van der Waals surface area contributed by atoms with Crippen LogP contribution in [-0.2, 0) is 19.3 Å². The highest BCUT2D eigenvalue weighted by atomic mass is 15.2. The van der Waals surface area contributed by atoms with Crippen molar-refractivity contribution in [1.82, 2.24) is 24.3 Å². The average molecular weight is 453 g/mol. The summed E-state index contributed by atoms with van der Waals surface area (Å²) >= 11 is 0. The van der Waals surface area contributed by atoms with Crippen LogP contribution in [0.1, 0.15) is 67.4 Å². The molecular formula is C28H32N6. The van der Waals surface area contributed by atoms with Gasteiger partial charge >= 0.3 is 0 Å². The van der Waals surface area contributed by atoms with Gasteiger partial charge < -0.3 is 9.30 Å². The molecule has 1 saturated heterocycles. The Bertz CT molecular complexity index is 1300. The molecule has 1 spiro atoms. The third-order valence-electron chi connectivity index (χ3n) is 7.71. The molecule has 5 heterocycles. The van der Waals surface area contributed by atoms with Crippen molar-refractivity contribution in [3.63, 3.8) is 0 Å². The summed E-state index contributed by atoms with van der Waals surface area (Å²) in [5.41, 5.74) is 6.10. The van der Waals surface area contributed by atoms with Gasteiger partial charge in [0.15, 0.2) is 0 Å². The second kappa shape index (κ2) is 8.82.